The quantitative estimate of drug-likeness (QED) is 0.172. The Bertz CT molecular complexity index is 4170. The molecule has 0 N–H and O–H groups in total. The Morgan fingerprint density at radius 2 is 0.924 bits per heavy atom. The van der Waals surface area contributed by atoms with Gasteiger partial charge in [0.15, 0.2) is 17.5 Å². The lowest BCUT2D eigenvalue weighted by Crippen LogP contribution is -2.14. The van der Waals surface area contributed by atoms with Crippen LogP contribution in [0.15, 0.2) is 197 Å². The Kier molecular flexibility index (Phi) is 7.84. The number of furan rings is 2. The highest BCUT2D eigenvalue weighted by Gasteiger charge is 2.36. The molecule has 4 heterocycles. The molecule has 14 rings (SSSR count). The van der Waals surface area contributed by atoms with Crippen molar-refractivity contribution in [3.63, 3.8) is 0 Å². The van der Waals surface area contributed by atoms with Crippen molar-refractivity contribution >= 4 is 75.4 Å². The van der Waals surface area contributed by atoms with Gasteiger partial charge in [0.1, 0.15) is 22.3 Å². The largest absolute Gasteiger partial charge is 0.456 e. The van der Waals surface area contributed by atoms with Gasteiger partial charge >= 0.3 is 0 Å². The minimum atomic E-state index is -0.0708. The Balaban J connectivity index is 0.956. The molecule has 1 aliphatic rings. The van der Waals surface area contributed by atoms with Gasteiger partial charge in [0.25, 0.3) is 0 Å². The van der Waals surface area contributed by atoms with E-state index >= 15 is 0 Å². The molecule has 5 nitrogen and oxygen atoms in total. The number of nitrogens with zero attached hydrogens (tertiary/aromatic N) is 3. The summed E-state index contributed by atoms with van der Waals surface area (Å²) in [6.07, 6.45) is 0. The van der Waals surface area contributed by atoms with Gasteiger partial charge in [-0.3, -0.25) is 0 Å². The molecule has 6 heteroatoms. The smallest absolute Gasteiger partial charge is 0.164 e. The number of fused-ring (bicyclic) bond motifs is 12. The zero-order valence-electron chi connectivity index (χ0n) is 36.0. The van der Waals surface area contributed by atoms with Crippen LogP contribution >= 0.6 is 11.3 Å². The van der Waals surface area contributed by atoms with Crippen LogP contribution in [0.1, 0.15) is 25.0 Å². The molecule has 1 aliphatic carbocycles. The minimum Gasteiger partial charge on any atom is -0.456 e. The number of rotatable bonds is 5. The van der Waals surface area contributed by atoms with Crippen LogP contribution in [0.4, 0.5) is 0 Å². The molecular weight excluding hydrogens is 827 g/mol. The molecule has 0 unspecified atom stereocenters. The predicted octanol–water partition coefficient (Wildman–Crippen LogP) is 16.7. The van der Waals surface area contributed by atoms with E-state index in [4.69, 9.17) is 23.8 Å². The lowest BCUT2D eigenvalue weighted by Gasteiger charge is -2.21. The van der Waals surface area contributed by atoms with Crippen molar-refractivity contribution in [2.24, 2.45) is 0 Å². The van der Waals surface area contributed by atoms with E-state index in [1.165, 1.54) is 48.2 Å². The van der Waals surface area contributed by atoms with Crippen molar-refractivity contribution in [2.45, 2.75) is 19.3 Å². The highest BCUT2D eigenvalue weighted by molar-refractivity contribution is 7.25. The number of thiophene rings is 1. The molecule has 4 aromatic heterocycles. The molecule has 0 spiro atoms. The molecule has 0 atom stereocenters. The van der Waals surface area contributed by atoms with Crippen LogP contribution in [0.5, 0.6) is 0 Å². The molecule has 0 amide bonds. The van der Waals surface area contributed by atoms with Crippen LogP contribution in [0.25, 0.3) is 132 Å². The van der Waals surface area contributed by atoms with Crippen molar-refractivity contribution in [3.05, 3.63) is 199 Å². The molecule has 0 saturated heterocycles. The predicted molar refractivity (Wildman–Crippen MR) is 272 cm³/mol. The van der Waals surface area contributed by atoms with Gasteiger partial charge in [0.2, 0.25) is 0 Å². The second kappa shape index (κ2) is 13.9. The van der Waals surface area contributed by atoms with Gasteiger partial charge in [-0.05, 0) is 105 Å². The van der Waals surface area contributed by atoms with Crippen LogP contribution in [0.3, 0.4) is 0 Å². The first kappa shape index (κ1) is 37.2. The first-order valence-corrected chi connectivity index (χ1v) is 23.1. The van der Waals surface area contributed by atoms with Crippen LogP contribution < -0.4 is 0 Å². The van der Waals surface area contributed by atoms with E-state index in [1.807, 2.05) is 42.5 Å². The fourth-order valence-corrected chi connectivity index (χ4v) is 11.8. The summed E-state index contributed by atoms with van der Waals surface area (Å²) in [5.74, 6) is 1.77. The topological polar surface area (TPSA) is 65.0 Å². The molecule has 0 bridgehead atoms. The zero-order chi connectivity index (χ0) is 43.7. The SMILES string of the molecule is CC1(C)c2ccccc2-c2c(-c3cccc(-c4ccc5oc6cccc(-c7nc(-c8ccc9oc%10ccccc%10c9c8)nc(-c8cccc9sc%10ccccc%10c89)n7)c6c5c4)c3)cccc21. The maximum absolute atomic E-state index is 6.63. The first-order valence-electron chi connectivity index (χ1n) is 22.3. The summed E-state index contributed by atoms with van der Waals surface area (Å²) in [4.78, 5) is 16.0. The summed E-state index contributed by atoms with van der Waals surface area (Å²) in [5.41, 5.74) is 15.9. The van der Waals surface area contributed by atoms with E-state index < -0.39 is 0 Å². The molecule has 66 heavy (non-hydrogen) atoms. The van der Waals surface area contributed by atoms with E-state index in [0.29, 0.717) is 17.5 Å². The Labute approximate surface area is 383 Å². The van der Waals surface area contributed by atoms with Crippen LogP contribution in [-0.2, 0) is 5.41 Å². The summed E-state index contributed by atoms with van der Waals surface area (Å²) in [6.45, 7) is 4.67. The Hall–Kier alpha value is -8.19. The van der Waals surface area contributed by atoms with Gasteiger partial charge in [-0.1, -0.05) is 141 Å². The lowest BCUT2D eigenvalue weighted by atomic mass is 9.82. The second-order valence-electron chi connectivity index (χ2n) is 17.9. The van der Waals surface area contributed by atoms with Crippen molar-refractivity contribution in [2.75, 3.05) is 0 Å². The molecule has 0 saturated carbocycles. The zero-order valence-corrected chi connectivity index (χ0v) is 36.8. The lowest BCUT2D eigenvalue weighted by molar-refractivity contribution is 0.660. The molecule has 0 fully saturated rings. The highest BCUT2D eigenvalue weighted by Crippen LogP contribution is 2.52. The van der Waals surface area contributed by atoms with Crippen molar-refractivity contribution in [1.29, 1.82) is 0 Å². The fourth-order valence-electron chi connectivity index (χ4n) is 10.6. The summed E-state index contributed by atoms with van der Waals surface area (Å²) in [7, 11) is 0. The summed E-state index contributed by atoms with van der Waals surface area (Å²) >= 11 is 1.79. The standard InChI is InChI=1S/C60H37N3O2S/c1-60(2)46-21-6-3-16-40(46)54-38(18-10-22-47(54)60)36-14-9-13-34(31-36)35-27-29-50-45(32-35)55-42(19-11-24-51(55)65-50)58-61-57(37-28-30-49-44(33-37)39-15-4-7-23-48(39)64-49)62-59(63-58)43-20-12-26-53-56(43)41-17-5-8-25-52(41)66-53/h3-33H,1-2H3. The third-order valence-electron chi connectivity index (χ3n) is 13.8. The van der Waals surface area contributed by atoms with Gasteiger partial charge in [-0.15, -0.1) is 11.3 Å². The van der Waals surface area contributed by atoms with E-state index in [-0.39, 0.29) is 5.41 Å². The van der Waals surface area contributed by atoms with Gasteiger partial charge in [0, 0.05) is 63.8 Å². The number of hydrogen-bond donors (Lipinski definition) is 0. The maximum atomic E-state index is 6.63. The van der Waals surface area contributed by atoms with Gasteiger partial charge in [-0.25, -0.2) is 15.0 Å². The normalized spacial score (nSPS) is 13.1. The Morgan fingerprint density at radius 1 is 0.364 bits per heavy atom. The third-order valence-corrected chi connectivity index (χ3v) is 14.9. The van der Waals surface area contributed by atoms with Crippen LogP contribution in [0.2, 0.25) is 0 Å². The molecule has 9 aromatic carbocycles. The number of hydrogen-bond acceptors (Lipinski definition) is 6. The monoisotopic (exact) mass is 863 g/mol. The highest BCUT2D eigenvalue weighted by atomic mass is 32.1. The molecule has 0 aliphatic heterocycles. The fraction of sp³-hybridized carbons (Fsp3) is 0.0500. The van der Waals surface area contributed by atoms with E-state index in [2.05, 4.69) is 159 Å². The molecule has 0 radical (unpaired) electrons. The third kappa shape index (κ3) is 5.49. The van der Waals surface area contributed by atoms with E-state index in [9.17, 15) is 0 Å². The summed E-state index contributed by atoms with van der Waals surface area (Å²) < 4.78 is 15.3. The summed E-state index contributed by atoms with van der Waals surface area (Å²) in [5, 5.41) is 6.36. The number of aromatic nitrogens is 3. The van der Waals surface area contributed by atoms with Crippen molar-refractivity contribution in [3.8, 4) is 67.5 Å². The number of para-hydroxylation sites is 1. The van der Waals surface area contributed by atoms with Crippen molar-refractivity contribution in [1.82, 2.24) is 15.0 Å². The minimum absolute atomic E-state index is 0.0708. The summed E-state index contributed by atoms with van der Waals surface area (Å²) in [6, 6.07) is 66.6. The van der Waals surface area contributed by atoms with E-state index in [1.54, 1.807) is 11.3 Å². The van der Waals surface area contributed by atoms with Crippen LogP contribution in [-0.4, -0.2) is 15.0 Å². The van der Waals surface area contributed by atoms with Gasteiger partial charge in [-0.2, -0.15) is 0 Å². The van der Waals surface area contributed by atoms with Crippen LogP contribution in [0, 0.1) is 0 Å². The number of benzene rings is 9. The van der Waals surface area contributed by atoms with Gasteiger partial charge < -0.3 is 8.83 Å². The maximum Gasteiger partial charge on any atom is 0.164 e. The average Bonchev–Trinajstić information content (AvgIpc) is 4.11. The average molecular weight is 864 g/mol. The van der Waals surface area contributed by atoms with Crippen molar-refractivity contribution < 1.29 is 8.83 Å². The Morgan fingerprint density at radius 3 is 1.82 bits per heavy atom. The molecule has 13 aromatic rings. The first-order chi connectivity index (χ1) is 32.4. The second-order valence-corrected chi connectivity index (χ2v) is 18.9. The van der Waals surface area contributed by atoms with Gasteiger partial charge in [0.05, 0.1) is 0 Å². The van der Waals surface area contributed by atoms with E-state index in [0.717, 1.165) is 77.1 Å². The molecular formula is C60H37N3O2S. The molecule has 310 valence electrons.